The van der Waals surface area contributed by atoms with Crippen molar-refractivity contribution >= 4 is 17.3 Å². The molecule has 3 aromatic heterocycles. The summed E-state index contributed by atoms with van der Waals surface area (Å²) >= 11 is 0. The van der Waals surface area contributed by atoms with E-state index in [1.165, 1.54) is 17.1 Å². The lowest BCUT2D eigenvalue weighted by Crippen LogP contribution is -2.41. The Hall–Kier alpha value is -3.46. The van der Waals surface area contributed by atoms with Crippen LogP contribution in [0.15, 0.2) is 35.2 Å². The fraction of sp³-hybridized carbons (Fsp3) is 0.478. The first kappa shape index (κ1) is 23.7. The summed E-state index contributed by atoms with van der Waals surface area (Å²) < 4.78 is 18.0. The smallest absolute Gasteiger partial charge is 0.305 e. The van der Waals surface area contributed by atoms with Crippen molar-refractivity contribution in [1.82, 2.24) is 14.6 Å². The molecule has 0 bridgehead atoms. The number of aliphatic hydroxyl groups is 2. The van der Waals surface area contributed by atoms with Gasteiger partial charge in [0.2, 0.25) is 5.60 Å². The van der Waals surface area contributed by atoms with Crippen molar-refractivity contribution in [2.45, 2.75) is 62.9 Å². The second-order valence-electron chi connectivity index (χ2n) is 8.26. The molecule has 0 spiro atoms. The van der Waals surface area contributed by atoms with Crippen LogP contribution in [0.1, 0.15) is 44.7 Å². The lowest BCUT2D eigenvalue weighted by molar-refractivity contribution is -0.150. The first-order valence-electron chi connectivity index (χ1n) is 11.2. The van der Waals surface area contributed by atoms with Crippen LogP contribution in [0.4, 0.5) is 5.82 Å². The summed E-state index contributed by atoms with van der Waals surface area (Å²) in [6.45, 7) is 1.77. The van der Waals surface area contributed by atoms with Gasteiger partial charge in [-0.25, -0.2) is 9.50 Å². The number of carbonyl (C=O) groups is 1. The van der Waals surface area contributed by atoms with Crippen LogP contribution in [0, 0.1) is 11.3 Å². The van der Waals surface area contributed by atoms with Gasteiger partial charge in [-0.2, -0.15) is 10.4 Å². The summed E-state index contributed by atoms with van der Waals surface area (Å²) in [5, 5.41) is 35.9. The number of ether oxygens (including phenoxy) is 2. The number of nitrogens with two attached hydrogens (primary N) is 1. The Balaban J connectivity index is 1.62. The highest BCUT2D eigenvalue weighted by Gasteiger charge is 2.58. The molecule has 4 rings (SSSR count). The van der Waals surface area contributed by atoms with Crippen LogP contribution < -0.4 is 5.73 Å². The number of fused-ring (bicyclic) bond motifs is 1. The van der Waals surface area contributed by atoms with E-state index in [1.54, 1.807) is 18.2 Å². The van der Waals surface area contributed by atoms with Crippen LogP contribution in [0.5, 0.6) is 0 Å². The zero-order valence-corrected chi connectivity index (χ0v) is 18.8. The van der Waals surface area contributed by atoms with Gasteiger partial charge in [-0.05, 0) is 24.6 Å². The highest BCUT2D eigenvalue weighted by molar-refractivity contribution is 5.86. The fourth-order valence-electron chi connectivity index (χ4n) is 4.21. The minimum atomic E-state index is -2.01. The summed E-state index contributed by atoms with van der Waals surface area (Å²) in [5.74, 6) is 0.145. The molecule has 180 valence electrons. The van der Waals surface area contributed by atoms with Gasteiger partial charge in [-0.15, -0.1) is 0 Å². The Morgan fingerprint density at radius 2 is 2.21 bits per heavy atom. The second kappa shape index (κ2) is 9.80. The average molecular weight is 469 g/mol. The largest absolute Gasteiger partial charge is 0.464 e. The number of anilines is 1. The highest BCUT2D eigenvalue weighted by Crippen LogP contribution is 2.43. The molecule has 4 atom stereocenters. The van der Waals surface area contributed by atoms with E-state index in [-0.39, 0.29) is 24.5 Å². The van der Waals surface area contributed by atoms with Gasteiger partial charge in [0.05, 0.1) is 12.0 Å². The molecule has 1 fully saturated rings. The Kier molecular flexibility index (Phi) is 6.83. The van der Waals surface area contributed by atoms with E-state index >= 15 is 0 Å². The van der Waals surface area contributed by atoms with Crippen LogP contribution in [0.25, 0.3) is 16.8 Å². The van der Waals surface area contributed by atoms with E-state index in [0.29, 0.717) is 23.3 Å². The number of carbonyl (C=O) groups excluding carboxylic acids is 1. The van der Waals surface area contributed by atoms with E-state index in [4.69, 9.17) is 19.6 Å². The molecule has 4 N–H and O–H groups in total. The number of aliphatic hydroxyl groups excluding tert-OH is 2. The topological polar surface area (TPSA) is 169 Å². The molecule has 34 heavy (non-hydrogen) atoms. The molecule has 1 aliphatic rings. The lowest BCUT2D eigenvalue weighted by atomic mass is 9.92. The number of furan rings is 1. The number of nitrogens with zero attached hydrogens (tertiary/aromatic N) is 4. The number of hydrogen-bond acceptors (Lipinski definition) is 10. The quantitative estimate of drug-likeness (QED) is 0.311. The Labute approximate surface area is 195 Å². The molecule has 0 aromatic carbocycles. The van der Waals surface area contributed by atoms with E-state index in [1.807, 2.05) is 6.07 Å². The Morgan fingerprint density at radius 3 is 2.91 bits per heavy atom. The second-order valence-corrected chi connectivity index (χ2v) is 8.26. The van der Waals surface area contributed by atoms with Gasteiger partial charge in [-0.1, -0.05) is 26.2 Å². The monoisotopic (exact) mass is 469 g/mol. The summed E-state index contributed by atoms with van der Waals surface area (Å²) in [7, 11) is 0. The van der Waals surface area contributed by atoms with Crippen molar-refractivity contribution in [2.75, 3.05) is 12.3 Å². The Bertz CT molecular complexity index is 1190. The van der Waals surface area contributed by atoms with Gasteiger partial charge in [0.15, 0.2) is 5.82 Å². The number of nitrogen functional groups attached to an aromatic ring is 1. The van der Waals surface area contributed by atoms with Crippen LogP contribution in [-0.4, -0.2) is 55.7 Å². The molecule has 0 aliphatic carbocycles. The summed E-state index contributed by atoms with van der Waals surface area (Å²) in [6.07, 6.45) is 2.41. The zero-order valence-electron chi connectivity index (χ0n) is 18.8. The summed E-state index contributed by atoms with van der Waals surface area (Å²) in [6, 6.07) is 6.93. The molecule has 0 saturated carbocycles. The third-order valence-corrected chi connectivity index (χ3v) is 6.02. The molecule has 0 amide bonds. The molecule has 1 saturated heterocycles. The molecule has 11 nitrogen and oxygen atoms in total. The first-order chi connectivity index (χ1) is 16.4. The number of rotatable bonds is 9. The highest BCUT2D eigenvalue weighted by atomic mass is 16.6. The normalized spacial score (nSPS) is 24.4. The molecule has 11 heteroatoms. The molecular formula is C23H27N5O6. The number of nitriles is 1. The van der Waals surface area contributed by atoms with Gasteiger partial charge >= 0.3 is 5.97 Å². The molecule has 0 radical (unpaired) electrons. The van der Waals surface area contributed by atoms with Crippen molar-refractivity contribution in [3.63, 3.8) is 0 Å². The van der Waals surface area contributed by atoms with E-state index in [9.17, 15) is 20.3 Å². The Morgan fingerprint density at radius 1 is 1.38 bits per heavy atom. The maximum Gasteiger partial charge on any atom is 0.305 e. The SMILES string of the molecule is CCCCCCC(=O)OCC1OC(C#N)(c2cc(-c3ccco3)c3c(N)ncnn23)C(O)C1O. The number of aromatic nitrogens is 3. The minimum absolute atomic E-state index is 0.127. The summed E-state index contributed by atoms with van der Waals surface area (Å²) in [4.78, 5) is 16.1. The maximum absolute atomic E-state index is 12.1. The molecule has 4 unspecified atom stereocenters. The van der Waals surface area contributed by atoms with E-state index in [2.05, 4.69) is 17.0 Å². The first-order valence-corrected chi connectivity index (χ1v) is 11.2. The van der Waals surface area contributed by atoms with Crippen molar-refractivity contribution < 1.29 is 28.9 Å². The lowest BCUT2D eigenvalue weighted by Gasteiger charge is -2.24. The van der Waals surface area contributed by atoms with Crippen LogP contribution in [0.3, 0.4) is 0 Å². The van der Waals surface area contributed by atoms with Crippen LogP contribution in [-0.2, 0) is 19.9 Å². The van der Waals surface area contributed by atoms with Crippen molar-refractivity contribution in [3.05, 3.63) is 36.5 Å². The van der Waals surface area contributed by atoms with E-state index in [0.717, 1.165) is 19.3 Å². The molecule has 3 aromatic rings. The van der Waals surface area contributed by atoms with E-state index < -0.39 is 29.9 Å². The van der Waals surface area contributed by atoms with Gasteiger partial charge in [0.1, 0.15) is 48.6 Å². The van der Waals surface area contributed by atoms with Gasteiger partial charge in [-0.3, -0.25) is 4.79 Å². The van der Waals surface area contributed by atoms with Crippen molar-refractivity contribution in [1.29, 1.82) is 5.26 Å². The molecular weight excluding hydrogens is 442 g/mol. The maximum atomic E-state index is 12.1. The third kappa shape index (κ3) is 4.11. The van der Waals surface area contributed by atoms with Crippen molar-refractivity contribution in [2.24, 2.45) is 0 Å². The zero-order chi connectivity index (χ0) is 24.3. The fourth-order valence-corrected chi connectivity index (χ4v) is 4.21. The standard InChI is InChI=1S/C23H27N5O6/c1-2-3-4-5-8-18(29)33-11-16-20(30)21(31)23(12-24,34-16)17-10-14(15-7-6-9-32-15)19-22(25)26-13-27-28(17)19/h6-7,9-10,13,16,20-21,30-31H,2-5,8,11H2,1H3,(H2,25,26,27). The number of hydrogen-bond donors (Lipinski definition) is 3. The molecule has 1 aliphatic heterocycles. The van der Waals surface area contributed by atoms with Crippen LogP contribution >= 0.6 is 0 Å². The van der Waals surface area contributed by atoms with Gasteiger partial charge in [0, 0.05) is 12.0 Å². The number of esters is 1. The van der Waals surface area contributed by atoms with Gasteiger partial charge < -0.3 is 29.8 Å². The molecule has 4 heterocycles. The predicted molar refractivity (Wildman–Crippen MR) is 119 cm³/mol. The average Bonchev–Trinajstić information content (AvgIpc) is 3.55. The van der Waals surface area contributed by atoms with Gasteiger partial charge in [0.25, 0.3) is 0 Å². The number of unbranched alkanes of at least 4 members (excludes halogenated alkanes) is 3. The van der Waals surface area contributed by atoms with Crippen molar-refractivity contribution in [3.8, 4) is 17.4 Å². The third-order valence-electron chi connectivity index (χ3n) is 6.02. The minimum Gasteiger partial charge on any atom is -0.464 e. The van der Waals surface area contributed by atoms with Crippen LogP contribution in [0.2, 0.25) is 0 Å². The summed E-state index contributed by atoms with van der Waals surface area (Å²) in [5.41, 5.74) is 5.05. The predicted octanol–water partition coefficient (Wildman–Crippen LogP) is 1.92.